The molecule has 5 heteroatoms. The zero-order valence-corrected chi connectivity index (χ0v) is 11.0. The molecule has 2 rings (SSSR count). The number of benzene rings is 1. The number of hydrogen-bond donors (Lipinski definition) is 1. The zero-order valence-electron chi connectivity index (χ0n) is 11.0. The molecule has 1 aromatic carbocycles. The van der Waals surface area contributed by atoms with E-state index in [-0.39, 0.29) is 18.4 Å². The van der Waals surface area contributed by atoms with Crippen LogP contribution in [-0.2, 0) is 4.79 Å². The van der Waals surface area contributed by atoms with Gasteiger partial charge in [-0.05, 0) is 18.6 Å². The SMILES string of the molecule is CCC1C(O)CC(=O)N1c1ccc(C#N)c(OC)c1. The molecule has 1 fully saturated rings. The van der Waals surface area contributed by atoms with Crippen LogP contribution < -0.4 is 9.64 Å². The third kappa shape index (κ3) is 2.27. The fourth-order valence-corrected chi connectivity index (χ4v) is 2.48. The number of aliphatic hydroxyl groups is 1. The molecule has 0 bridgehead atoms. The number of nitriles is 1. The Morgan fingerprint density at radius 1 is 1.58 bits per heavy atom. The molecule has 2 atom stereocenters. The Morgan fingerprint density at radius 3 is 2.89 bits per heavy atom. The molecular weight excluding hydrogens is 244 g/mol. The lowest BCUT2D eigenvalue weighted by Gasteiger charge is -2.25. The summed E-state index contributed by atoms with van der Waals surface area (Å²) in [6, 6.07) is 6.81. The maximum atomic E-state index is 12.0. The molecule has 2 unspecified atom stereocenters. The average molecular weight is 260 g/mol. The van der Waals surface area contributed by atoms with Gasteiger partial charge in [-0.1, -0.05) is 6.92 Å². The highest BCUT2D eigenvalue weighted by Crippen LogP contribution is 2.32. The number of carbonyl (C=O) groups is 1. The first kappa shape index (κ1) is 13.4. The number of aliphatic hydroxyl groups excluding tert-OH is 1. The van der Waals surface area contributed by atoms with E-state index in [4.69, 9.17) is 10.00 Å². The van der Waals surface area contributed by atoms with Gasteiger partial charge in [0.1, 0.15) is 11.8 Å². The smallest absolute Gasteiger partial charge is 0.230 e. The number of carbonyl (C=O) groups excluding carboxylic acids is 1. The summed E-state index contributed by atoms with van der Waals surface area (Å²) < 4.78 is 5.14. The van der Waals surface area contributed by atoms with Crippen molar-refractivity contribution in [1.82, 2.24) is 0 Å². The summed E-state index contributed by atoms with van der Waals surface area (Å²) in [6.07, 6.45) is 0.176. The summed E-state index contributed by atoms with van der Waals surface area (Å²) in [7, 11) is 1.48. The van der Waals surface area contributed by atoms with E-state index < -0.39 is 6.10 Å². The largest absolute Gasteiger partial charge is 0.495 e. The number of rotatable bonds is 3. The first-order valence-electron chi connectivity index (χ1n) is 6.20. The highest BCUT2D eigenvalue weighted by atomic mass is 16.5. The van der Waals surface area contributed by atoms with Gasteiger partial charge in [0.05, 0.1) is 31.2 Å². The Morgan fingerprint density at radius 2 is 2.32 bits per heavy atom. The Balaban J connectivity index is 2.41. The molecule has 19 heavy (non-hydrogen) atoms. The Labute approximate surface area is 112 Å². The summed E-state index contributed by atoms with van der Waals surface area (Å²) >= 11 is 0. The molecule has 1 aliphatic heterocycles. The van der Waals surface area contributed by atoms with Crippen LogP contribution in [-0.4, -0.2) is 30.3 Å². The quantitative estimate of drug-likeness (QED) is 0.892. The van der Waals surface area contributed by atoms with Crippen molar-refractivity contribution < 1.29 is 14.6 Å². The number of amides is 1. The standard InChI is InChI=1S/C14H16N2O3/c1-3-11-12(17)7-14(18)16(11)10-5-4-9(8-15)13(6-10)19-2/h4-6,11-12,17H,3,7H2,1-2H3. The Hall–Kier alpha value is -2.06. The molecule has 1 saturated heterocycles. The maximum absolute atomic E-state index is 12.0. The molecule has 0 radical (unpaired) electrons. The molecule has 0 spiro atoms. The minimum atomic E-state index is -0.640. The first-order valence-corrected chi connectivity index (χ1v) is 6.20. The van der Waals surface area contributed by atoms with Crippen LogP contribution in [0.2, 0.25) is 0 Å². The number of methoxy groups -OCH3 is 1. The van der Waals surface area contributed by atoms with Gasteiger partial charge in [0, 0.05) is 11.8 Å². The second kappa shape index (κ2) is 5.29. The summed E-state index contributed by atoms with van der Waals surface area (Å²) in [4.78, 5) is 13.6. The number of nitrogens with zero attached hydrogens (tertiary/aromatic N) is 2. The predicted molar refractivity (Wildman–Crippen MR) is 69.9 cm³/mol. The van der Waals surface area contributed by atoms with Crippen LogP contribution in [0.4, 0.5) is 5.69 Å². The third-order valence-electron chi connectivity index (χ3n) is 3.43. The Bertz CT molecular complexity index is 536. The summed E-state index contributed by atoms with van der Waals surface area (Å²) in [5.41, 5.74) is 1.08. The van der Waals surface area contributed by atoms with Crippen LogP contribution in [0.25, 0.3) is 0 Å². The molecule has 0 saturated carbocycles. The summed E-state index contributed by atoms with van der Waals surface area (Å²) in [5, 5.41) is 18.8. The Kier molecular flexibility index (Phi) is 3.72. The van der Waals surface area contributed by atoms with E-state index in [9.17, 15) is 9.90 Å². The minimum Gasteiger partial charge on any atom is -0.495 e. The fraction of sp³-hybridized carbons (Fsp3) is 0.429. The van der Waals surface area contributed by atoms with Gasteiger partial charge in [-0.3, -0.25) is 4.79 Å². The molecule has 100 valence electrons. The molecule has 1 heterocycles. The van der Waals surface area contributed by atoms with E-state index in [0.29, 0.717) is 23.4 Å². The maximum Gasteiger partial charge on any atom is 0.230 e. The minimum absolute atomic E-state index is 0.105. The predicted octanol–water partition coefficient (Wildman–Crippen LogP) is 1.44. The lowest BCUT2D eigenvalue weighted by atomic mass is 10.1. The van der Waals surface area contributed by atoms with Crippen LogP contribution in [0, 0.1) is 11.3 Å². The van der Waals surface area contributed by atoms with Crippen LogP contribution in [0.5, 0.6) is 5.75 Å². The first-order chi connectivity index (χ1) is 9.12. The van der Waals surface area contributed by atoms with Crippen molar-refractivity contribution in [2.45, 2.75) is 31.9 Å². The topological polar surface area (TPSA) is 73.6 Å². The van der Waals surface area contributed by atoms with Gasteiger partial charge < -0.3 is 14.7 Å². The second-order valence-electron chi connectivity index (χ2n) is 4.51. The van der Waals surface area contributed by atoms with Gasteiger partial charge in [-0.2, -0.15) is 5.26 Å². The molecule has 0 aliphatic carbocycles. The van der Waals surface area contributed by atoms with E-state index in [2.05, 4.69) is 0 Å². The summed E-state index contributed by atoms with van der Waals surface area (Å²) in [5.74, 6) is 0.329. The van der Waals surface area contributed by atoms with E-state index >= 15 is 0 Å². The van der Waals surface area contributed by atoms with Gasteiger partial charge in [0.15, 0.2) is 0 Å². The van der Waals surface area contributed by atoms with Crippen LogP contribution in [0.3, 0.4) is 0 Å². The van der Waals surface area contributed by atoms with Crippen molar-refractivity contribution in [2.75, 3.05) is 12.0 Å². The van der Waals surface area contributed by atoms with Gasteiger partial charge in [-0.25, -0.2) is 0 Å². The average Bonchev–Trinajstić information content (AvgIpc) is 2.71. The van der Waals surface area contributed by atoms with E-state index in [1.165, 1.54) is 7.11 Å². The third-order valence-corrected chi connectivity index (χ3v) is 3.43. The molecule has 1 aliphatic rings. The van der Waals surface area contributed by atoms with E-state index in [1.54, 1.807) is 23.1 Å². The molecule has 1 aromatic rings. The molecule has 0 aromatic heterocycles. The number of anilines is 1. The van der Waals surface area contributed by atoms with Crippen molar-refractivity contribution in [2.24, 2.45) is 0 Å². The van der Waals surface area contributed by atoms with Crippen LogP contribution in [0.15, 0.2) is 18.2 Å². The van der Waals surface area contributed by atoms with Crippen molar-refractivity contribution >= 4 is 11.6 Å². The molecule has 1 amide bonds. The van der Waals surface area contributed by atoms with Gasteiger partial charge in [-0.15, -0.1) is 0 Å². The van der Waals surface area contributed by atoms with Crippen molar-refractivity contribution in [3.63, 3.8) is 0 Å². The van der Waals surface area contributed by atoms with Crippen molar-refractivity contribution in [3.05, 3.63) is 23.8 Å². The number of hydrogen-bond acceptors (Lipinski definition) is 4. The normalized spacial score (nSPS) is 22.4. The van der Waals surface area contributed by atoms with Crippen LogP contribution >= 0.6 is 0 Å². The van der Waals surface area contributed by atoms with Crippen LogP contribution in [0.1, 0.15) is 25.3 Å². The van der Waals surface area contributed by atoms with Gasteiger partial charge >= 0.3 is 0 Å². The monoisotopic (exact) mass is 260 g/mol. The fourth-order valence-electron chi connectivity index (χ4n) is 2.48. The molecule has 5 nitrogen and oxygen atoms in total. The lowest BCUT2D eigenvalue weighted by Crippen LogP contribution is -2.36. The van der Waals surface area contributed by atoms with Crippen molar-refractivity contribution in [3.8, 4) is 11.8 Å². The molecule has 1 N–H and O–H groups in total. The van der Waals surface area contributed by atoms with Gasteiger partial charge in [0.25, 0.3) is 0 Å². The molecular formula is C14H16N2O3. The lowest BCUT2D eigenvalue weighted by molar-refractivity contribution is -0.117. The van der Waals surface area contributed by atoms with Crippen molar-refractivity contribution in [1.29, 1.82) is 5.26 Å². The summed E-state index contributed by atoms with van der Waals surface area (Å²) in [6.45, 7) is 1.93. The second-order valence-corrected chi connectivity index (χ2v) is 4.51. The van der Waals surface area contributed by atoms with Gasteiger partial charge in [0.2, 0.25) is 5.91 Å². The number of ether oxygens (including phenoxy) is 1. The van der Waals surface area contributed by atoms with E-state index in [0.717, 1.165) is 0 Å². The zero-order chi connectivity index (χ0) is 14.0. The van der Waals surface area contributed by atoms with E-state index in [1.807, 2.05) is 13.0 Å². The highest BCUT2D eigenvalue weighted by Gasteiger charge is 2.38. The highest BCUT2D eigenvalue weighted by molar-refractivity contribution is 5.97.